The normalized spacial score (nSPS) is 29.7. The van der Waals surface area contributed by atoms with Crippen molar-refractivity contribution in [1.29, 1.82) is 0 Å². The number of Topliss-reactive ketones (excluding diaryl/α,β-unsaturated/α-hetero) is 1. The molecular formula is C27H27F4NO2. The van der Waals surface area contributed by atoms with Crippen LogP contribution in [0.4, 0.5) is 17.6 Å². The van der Waals surface area contributed by atoms with E-state index in [1.807, 2.05) is 26.8 Å². The zero-order chi connectivity index (χ0) is 24.7. The molecule has 4 aliphatic rings. The van der Waals surface area contributed by atoms with Crippen molar-refractivity contribution in [1.82, 2.24) is 0 Å². The molecule has 1 aliphatic heterocycles. The van der Waals surface area contributed by atoms with Gasteiger partial charge in [0.1, 0.15) is 5.82 Å². The van der Waals surface area contributed by atoms with Crippen LogP contribution < -0.4 is 0 Å². The number of ketones is 1. The lowest BCUT2D eigenvalue weighted by Gasteiger charge is -2.70. The molecule has 3 aliphatic carbocycles. The zero-order valence-corrected chi connectivity index (χ0v) is 19.7. The second kappa shape index (κ2) is 7.15. The van der Waals surface area contributed by atoms with Crippen molar-refractivity contribution in [3.05, 3.63) is 69.5 Å². The molecular weight excluding hydrogens is 446 g/mol. The molecule has 0 N–H and O–H groups in total. The maximum atomic E-state index is 14.8. The number of oxime groups is 1. The molecule has 0 spiro atoms. The molecule has 3 fully saturated rings. The van der Waals surface area contributed by atoms with Gasteiger partial charge in [0.25, 0.3) is 0 Å². The van der Waals surface area contributed by atoms with Crippen molar-refractivity contribution >= 4 is 11.5 Å². The van der Waals surface area contributed by atoms with Gasteiger partial charge in [0, 0.05) is 24.0 Å². The van der Waals surface area contributed by atoms with Crippen LogP contribution in [0.3, 0.4) is 0 Å². The lowest BCUT2D eigenvalue weighted by Crippen LogP contribution is -2.68. The molecule has 2 aromatic carbocycles. The van der Waals surface area contributed by atoms with Crippen LogP contribution in [-0.2, 0) is 10.4 Å². The van der Waals surface area contributed by atoms with Gasteiger partial charge < -0.3 is 4.84 Å². The molecule has 0 radical (unpaired) electrons. The van der Waals surface area contributed by atoms with Gasteiger partial charge in [-0.25, -0.2) is 4.39 Å². The van der Waals surface area contributed by atoms with Crippen LogP contribution in [0.15, 0.2) is 35.5 Å². The van der Waals surface area contributed by atoms with E-state index in [2.05, 4.69) is 5.16 Å². The Morgan fingerprint density at radius 1 is 1.06 bits per heavy atom. The summed E-state index contributed by atoms with van der Waals surface area (Å²) in [5.41, 5.74) is 1.70. The lowest BCUT2D eigenvalue weighted by molar-refractivity contribution is -0.361. The summed E-state index contributed by atoms with van der Waals surface area (Å²) < 4.78 is 54.2. The minimum absolute atomic E-state index is 0.0636. The molecule has 1 atom stereocenters. The van der Waals surface area contributed by atoms with E-state index in [9.17, 15) is 22.4 Å². The summed E-state index contributed by atoms with van der Waals surface area (Å²) in [7, 11) is 0. The molecule has 34 heavy (non-hydrogen) atoms. The third-order valence-electron chi connectivity index (χ3n) is 7.97. The fourth-order valence-corrected chi connectivity index (χ4v) is 6.25. The van der Waals surface area contributed by atoms with Gasteiger partial charge in [-0.2, -0.15) is 13.2 Å². The summed E-state index contributed by atoms with van der Waals surface area (Å²) in [5.74, 6) is -0.422. The Hall–Kier alpha value is -2.70. The van der Waals surface area contributed by atoms with E-state index in [0.717, 1.165) is 16.7 Å². The maximum Gasteiger partial charge on any atom is 0.394 e. The van der Waals surface area contributed by atoms with Crippen LogP contribution in [0.1, 0.15) is 77.2 Å². The summed E-state index contributed by atoms with van der Waals surface area (Å²) in [6.45, 7) is 7.25. The largest absolute Gasteiger partial charge is 0.394 e. The van der Waals surface area contributed by atoms with Crippen LogP contribution in [0.5, 0.6) is 0 Å². The van der Waals surface area contributed by atoms with E-state index in [0.29, 0.717) is 28.8 Å². The van der Waals surface area contributed by atoms with Crippen LogP contribution in [0.2, 0.25) is 0 Å². The number of rotatable bonds is 5. The van der Waals surface area contributed by atoms with Gasteiger partial charge in [0.15, 0.2) is 11.4 Å². The summed E-state index contributed by atoms with van der Waals surface area (Å²) in [5, 5.41) is 4.23. The van der Waals surface area contributed by atoms with E-state index < -0.39 is 22.6 Å². The van der Waals surface area contributed by atoms with Gasteiger partial charge in [0.2, 0.25) is 0 Å². The molecule has 2 bridgehead atoms. The molecule has 0 aromatic heterocycles. The highest BCUT2D eigenvalue weighted by atomic mass is 19.4. The molecule has 0 saturated heterocycles. The Labute approximate surface area is 196 Å². The lowest BCUT2D eigenvalue weighted by atomic mass is 9.33. The highest BCUT2D eigenvalue weighted by Gasteiger charge is 2.78. The fraction of sp³-hybridized carbons (Fsp3) is 0.481. The number of halogens is 4. The van der Waals surface area contributed by atoms with E-state index in [1.165, 1.54) is 0 Å². The van der Waals surface area contributed by atoms with Crippen LogP contribution in [0.25, 0.3) is 0 Å². The number of alkyl halides is 3. The Balaban J connectivity index is 1.29. The van der Waals surface area contributed by atoms with Crippen molar-refractivity contribution < 1.29 is 27.2 Å². The number of aryl methyl sites for hydroxylation is 3. The number of carbonyl (C=O) groups excluding carboxylic acids is 1. The predicted molar refractivity (Wildman–Crippen MR) is 120 cm³/mol. The highest BCUT2D eigenvalue weighted by molar-refractivity contribution is 6.04. The molecule has 0 amide bonds. The first-order valence-corrected chi connectivity index (χ1v) is 11.5. The molecule has 7 heteroatoms. The van der Waals surface area contributed by atoms with E-state index >= 15 is 0 Å². The van der Waals surface area contributed by atoms with Gasteiger partial charge in [-0.15, -0.1) is 0 Å². The molecule has 180 valence electrons. The number of nitrogens with zero attached hydrogens (tertiary/aromatic N) is 1. The van der Waals surface area contributed by atoms with Crippen molar-refractivity contribution in [3.8, 4) is 0 Å². The molecule has 1 heterocycles. The molecule has 3 nitrogen and oxygen atoms in total. The average molecular weight is 474 g/mol. The van der Waals surface area contributed by atoms with Gasteiger partial charge in [-0.1, -0.05) is 28.9 Å². The summed E-state index contributed by atoms with van der Waals surface area (Å²) in [4.78, 5) is 18.6. The van der Waals surface area contributed by atoms with E-state index in [1.54, 1.807) is 31.2 Å². The Morgan fingerprint density at radius 2 is 1.74 bits per heavy atom. The van der Waals surface area contributed by atoms with Gasteiger partial charge >= 0.3 is 6.18 Å². The Bertz CT molecular complexity index is 1230. The molecule has 6 rings (SSSR count). The van der Waals surface area contributed by atoms with Gasteiger partial charge in [-0.05, 0) is 81.2 Å². The van der Waals surface area contributed by atoms with Crippen molar-refractivity contribution in [3.63, 3.8) is 0 Å². The third kappa shape index (κ3) is 3.38. The van der Waals surface area contributed by atoms with Crippen molar-refractivity contribution in [2.24, 2.45) is 16.0 Å². The zero-order valence-electron chi connectivity index (χ0n) is 19.7. The first kappa shape index (κ1) is 23.1. The highest BCUT2D eigenvalue weighted by Crippen LogP contribution is 2.79. The summed E-state index contributed by atoms with van der Waals surface area (Å²) in [6.07, 6.45) is -3.45. The maximum absolute atomic E-state index is 14.8. The van der Waals surface area contributed by atoms with Gasteiger partial charge in [0.05, 0.1) is 11.1 Å². The molecule has 3 saturated carbocycles. The van der Waals surface area contributed by atoms with Crippen LogP contribution in [-0.4, -0.2) is 17.7 Å². The van der Waals surface area contributed by atoms with Crippen molar-refractivity contribution in [2.75, 3.05) is 0 Å². The first-order chi connectivity index (χ1) is 15.8. The number of hydrogen-bond donors (Lipinski definition) is 0. The second-order valence-electron chi connectivity index (χ2n) is 10.9. The van der Waals surface area contributed by atoms with Crippen LogP contribution in [0, 0.1) is 37.4 Å². The SMILES string of the molecule is Cc1cc(C)c(F)c(C2(C)CC(c3ccc(C(=O)CC45CC(C(F)(F)F)(C4)C5)c(C)c3)=NO2)c1. The van der Waals surface area contributed by atoms with E-state index in [4.69, 9.17) is 4.84 Å². The Morgan fingerprint density at radius 3 is 2.35 bits per heavy atom. The van der Waals surface area contributed by atoms with E-state index in [-0.39, 0.29) is 37.3 Å². The smallest absolute Gasteiger partial charge is 0.384 e. The second-order valence-corrected chi connectivity index (χ2v) is 10.9. The number of carbonyl (C=O) groups is 1. The molecule has 2 aromatic rings. The fourth-order valence-electron chi connectivity index (χ4n) is 6.25. The predicted octanol–water partition coefficient (Wildman–Crippen LogP) is 7.10. The Kier molecular flexibility index (Phi) is 4.85. The van der Waals surface area contributed by atoms with Crippen LogP contribution >= 0.6 is 0 Å². The summed E-state index contributed by atoms with van der Waals surface area (Å²) in [6, 6.07) is 8.91. The quantitative estimate of drug-likeness (QED) is 0.343. The molecule has 1 unspecified atom stereocenters. The average Bonchev–Trinajstić information content (AvgIpc) is 3.08. The monoisotopic (exact) mass is 473 g/mol. The minimum Gasteiger partial charge on any atom is -0.384 e. The number of hydrogen-bond acceptors (Lipinski definition) is 3. The first-order valence-electron chi connectivity index (χ1n) is 11.5. The number of benzene rings is 2. The van der Waals surface area contributed by atoms with Gasteiger partial charge in [-0.3, -0.25) is 4.79 Å². The topological polar surface area (TPSA) is 38.7 Å². The summed E-state index contributed by atoms with van der Waals surface area (Å²) >= 11 is 0. The van der Waals surface area contributed by atoms with Crippen molar-refractivity contribution in [2.45, 2.75) is 71.6 Å². The minimum atomic E-state index is -4.17. The standard InChI is InChI=1S/C27H27F4NO2/c1-15-7-17(3)23(28)20(8-15)24(4)10-21(32-34-24)18-5-6-19(16(2)9-18)22(33)11-25-12-26(13-25,14-25)27(29,30)31/h5-9H,10-14H2,1-4H3. The third-order valence-corrected chi connectivity index (χ3v) is 7.97.